The monoisotopic (exact) mass is 501 g/mol. The fraction of sp³-hybridized carbons (Fsp3) is 0. The van der Waals surface area contributed by atoms with Crippen molar-refractivity contribution in [2.75, 3.05) is 0 Å². The van der Waals surface area contributed by atoms with Gasteiger partial charge in [-0.3, -0.25) is 19.7 Å². The van der Waals surface area contributed by atoms with E-state index in [0.29, 0.717) is 44.2 Å². The van der Waals surface area contributed by atoms with Crippen LogP contribution in [-0.4, -0.2) is 16.5 Å². The molecule has 0 bridgehead atoms. The van der Waals surface area contributed by atoms with Crippen LogP contribution in [0.15, 0.2) is 91.0 Å². The molecule has 2 aliphatic rings. The van der Waals surface area contributed by atoms with Gasteiger partial charge in [0.2, 0.25) is 0 Å². The van der Waals surface area contributed by atoms with E-state index < -0.39 is 0 Å². The van der Waals surface area contributed by atoms with Crippen molar-refractivity contribution in [2.24, 2.45) is 0 Å². The number of ketones is 2. The molecule has 0 amide bonds. The maximum atomic E-state index is 13.6. The Labute approximate surface area is 220 Å². The molecular formula is C34H15NO4. The van der Waals surface area contributed by atoms with Gasteiger partial charge in [0, 0.05) is 44.5 Å². The summed E-state index contributed by atoms with van der Waals surface area (Å²) in [6.45, 7) is 0. The van der Waals surface area contributed by atoms with Gasteiger partial charge >= 0.3 is 0 Å². The molecule has 0 heterocycles. The number of carbonyl (C=O) groups is 2. The molecule has 0 radical (unpaired) electrons. The number of hydrogen-bond donors (Lipinski definition) is 0. The molecule has 9 rings (SSSR count). The third kappa shape index (κ3) is 2.28. The number of hydrogen-bond acceptors (Lipinski definition) is 4. The first kappa shape index (κ1) is 20.6. The normalized spacial score (nSPS) is 13.4. The maximum Gasteiger partial charge on any atom is 0.278 e. The minimum atomic E-state index is -0.332. The number of nitro groups is 1. The molecule has 5 nitrogen and oxygen atoms in total. The van der Waals surface area contributed by atoms with Crippen molar-refractivity contribution >= 4 is 60.3 Å². The Bertz CT molecular complexity index is 2350. The van der Waals surface area contributed by atoms with Gasteiger partial charge in [0.25, 0.3) is 5.69 Å². The zero-order valence-electron chi connectivity index (χ0n) is 20.2. The molecule has 5 heteroatoms. The molecule has 0 fully saturated rings. The number of nitro benzene ring substituents is 1. The smallest absolute Gasteiger partial charge is 0.278 e. The summed E-state index contributed by atoms with van der Waals surface area (Å²) in [4.78, 5) is 39.5. The van der Waals surface area contributed by atoms with Crippen molar-refractivity contribution in [3.8, 4) is 22.3 Å². The summed E-state index contributed by atoms with van der Waals surface area (Å²) in [5.41, 5.74) is 5.58. The molecule has 0 aliphatic heterocycles. The lowest BCUT2D eigenvalue weighted by molar-refractivity contribution is -0.382. The predicted octanol–water partition coefficient (Wildman–Crippen LogP) is 8.07. The first-order valence-electron chi connectivity index (χ1n) is 12.7. The van der Waals surface area contributed by atoms with E-state index in [2.05, 4.69) is 0 Å². The molecule has 7 aromatic carbocycles. The number of carbonyl (C=O) groups excluding carboxylic acids is 2. The van der Waals surface area contributed by atoms with E-state index in [0.717, 1.165) is 43.4 Å². The summed E-state index contributed by atoms with van der Waals surface area (Å²) in [6.07, 6.45) is 0. The van der Waals surface area contributed by atoms with E-state index in [4.69, 9.17) is 0 Å². The van der Waals surface area contributed by atoms with Gasteiger partial charge in [-0.05, 0) is 55.9 Å². The Balaban J connectivity index is 1.58. The highest BCUT2D eigenvalue weighted by Gasteiger charge is 2.33. The molecule has 39 heavy (non-hydrogen) atoms. The van der Waals surface area contributed by atoms with Crippen LogP contribution in [0.3, 0.4) is 0 Å². The fourth-order valence-corrected chi connectivity index (χ4v) is 7.06. The van der Waals surface area contributed by atoms with E-state index in [1.165, 1.54) is 0 Å². The van der Waals surface area contributed by atoms with Gasteiger partial charge < -0.3 is 0 Å². The first-order valence-corrected chi connectivity index (χ1v) is 12.7. The molecule has 0 N–H and O–H groups in total. The van der Waals surface area contributed by atoms with Crippen LogP contribution in [-0.2, 0) is 0 Å². The molecule has 0 unspecified atom stereocenters. The number of nitrogens with zero attached hydrogens (tertiary/aromatic N) is 1. The molecule has 0 saturated carbocycles. The quantitative estimate of drug-likeness (QED) is 0.0986. The highest BCUT2D eigenvalue weighted by Crippen LogP contribution is 2.52. The summed E-state index contributed by atoms with van der Waals surface area (Å²) in [6, 6.07) is 28.0. The van der Waals surface area contributed by atoms with E-state index >= 15 is 0 Å². The van der Waals surface area contributed by atoms with Crippen molar-refractivity contribution in [1.82, 2.24) is 0 Å². The third-order valence-corrected chi connectivity index (χ3v) is 8.59. The lowest BCUT2D eigenvalue weighted by Gasteiger charge is -2.25. The Morgan fingerprint density at radius 1 is 0.436 bits per heavy atom. The number of non-ortho nitro benzene ring substituents is 1. The molecule has 180 valence electrons. The van der Waals surface area contributed by atoms with E-state index in [1.807, 2.05) is 78.9 Å². The first-order chi connectivity index (χ1) is 19.0. The van der Waals surface area contributed by atoms with Gasteiger partial charge in [0.05, 0.1) is 10.3 Å². The summed E-state index contributed by atoms with van der Waals surface area (Å²) in [5.74, 6) is -0.128. The van der Waals surface area contributed by atoms with Crippen LogP contribution in [0.4, 0.5) is 5.69 Å². The summed E-state index contributed by atoms with van der Waals surface area (Å²) >= 11 is 0. The second kappa shape index (κ2) is 6.71. The molecular weight excluding hydrogens is 486 g/mol. The topological polar surface area (TPSA) is 77.3 Å². The van der Waals surface area contributed by atoms with Gasteiger partial charge in [-0.15, -0.1) is 0 Å². The lowest BCUT2D eigenvalue weighted by Crippen LogP contribution is -2.12. The van der Waals surface area contributed by atoms with Crippen molar-refractivity contribution in [2.45, 2.75) is 0 Å². The third-order valence-electron chi connectivity index (χ3n) is 8.59. The van der Waals surface area contributed by atoms with Gasteiger partial charge in [0.15, 0.2) is 11.6 Å². The van der Waals surface area contributed by atoms with E-state index in [1.54, 1.807) is 12.1 Å². The largest absolute Gasteiger partial charge is 0.289 e. The van der Waals surface area contributed by atoms with E-state index in [9.17, 15) is 19.7 Å². The maximum absolute atomic E-state index is 13.6. The van der Waals surface area contributed by atoms with Gasteiger partial charge in [-0.1, -0.05) is 72.8 Å². The second-order valence-corrected chi connectivity index (χ2v) is 10.3. The van der Waals surface area contributed by atoms with Crippen molar-refractivity contribution in [3.63, 3.8) is 0 Å². The molecule has 0 spiro atoms. The lowest BCUT2D eigenvalue weighted by atomic mass is 9.76. The van der Waals surface area contributed by atoms with Crippen LogP contribution < -0.4 is 0 Å². The zero-order valence-corrected chi connectivity index (χ0v) is 20.2. The standard InChI is InChI=1S/C34H15NO4/c36-33-21-7-3-1-5-16(21)18-9-12-23-28-19(10-13-24(33)29(18)28)20-11-14-25-30-26(15-27(35(38)39)31(23)32(20)30)17-6-2-4-8-22(17)34(25)37/h1-15H. The van der Waals surface area contributed by atoms with Crippen LogP contribution in [0.2, 0.25) is 0 Å². The molecule has 0 saturated heterocycles. The SMILES string of the molecule is O=C1c2ccccc2-c2ccc3c4c([N+](=O)[O-])cc5c6c(ccc(c7ccc1c2c73)c64)C(=O)c1ccccc1-5. The van der Waals surface area contributed by atoms with Crippen LogP contribution in [0.5, 0.6) is 0 Å². The number of benzene rings is 7. The van der Waals surface area contributed by atoms with E-state index in [-0.39, 0.29) is 22.2 Å². The van der Waals surface area contributed by atoms with Gasteiger partial charge in [-0.2, -0.15) is 0 Å². The highest BCUT2D eigenvalue weighted by atomic mass is 16.6. The Hall–Kier alpha value is -5.42. The van der Waals surface area contributed by atoms with Crippen molar-refractivity contribution < 1.29 is 14.5 Å². The van der Waals surface area contributed by atoms with Crippen molar-refractivity contribution in [3.05, 3.63) is 123 Å². The molecule has 2 aliphatic carbocycles. The summed E-state index contributed by atoms with van der Waals surface area (Å²) in [5, 5.41) is 18.7. The average molecular weight is 501 g/mol. The van der Waals surface area contributed by atoms with Crippen molar-refractivity contribution in [1.29, 1.82) is 0 Å². The zero-order chi connectivity index (χ0) is 26.2. The highest BCUT2D eigenvalue weighted by molar-refractivity contribution is 6.42. The molecule has 0 aromatic heterocycles. The number of rotatable bonds is 1. The van der Waals surface area contributed by atoms with Crippen LogP contribution in [0.1, 0.15) is 31.8 Å². The van der Waals surface area contributed by atoms with Crippen LogP contribution in [0.25, 0.3) is 65.3 Å². The average Bonchev–Trinajstić information content (AvgIpc) is 2.97. The molecule has 0 atom stereocenters. The molecule has 7 aromatic rings. The van der Waals surface area contributed by atoms with Crippen LogP contribution >= 0.6 is 0 Å². The Morgan fingerprint density at radius 3 is 1.54 bits per heavy atom. The summed E-state index contributed by atoms with van der Waals surface area (Å²) < 4.78 is 0. The predicted molar refractivity (Wildman–Crippen MR) is 152 cm³/mol. The fourth-order valence-electron chi connectivity index (χ4n) is 7.06. The number of fused-ring (bicyclic) bond motifs is 6. The Morgan fingerprint density at radius 2 is 0.923 bits per heavy atom. The van der Waals surface area contributed by atoms with Crippen LogP contribution in [0, 0.1) is 10.1 Å². The second-order valence-electron chi connectivity index (χ2n) is 10.3. The van der Waals surface area contributed by atoms with Gasteiger partial charge in [-0.25, -0.2) is 0 Å². The minimum Gasteiger partial charge on any atom is -0.289 e. The van der Waals surface area contributed by atoms with Gasteiger partial charge in [0.1, 0.15) is 0 Å². The Kier molecular flexibility index (Phi) is 3.55. The summed E-state index contributed by atoms with van der Waals surface area (Å²) in [7, 11) is 0. The minimum absolute atomic E-state index is 0.00561.